The fourth-order valence-corrected chi connectivity index (χ4v) is 6.43. The van der Waals surface area contributed by atoms with Crippen molar-refractivity contribution in [3.63, 3.8) is 0 Å². The number of hydrogen-bond acceptors (Lipinski definition) is 3. The Bertz CT molecular complexity index is 1940. The first kappa shape index (κ1) is 30.4. The van der Waals surface area contributed by atoms with Crippen molar-refractivity contribution in [3.05, 3.63) is 170 Å². The minimum atomic E-state index is -1.41. The highest BCUT2D eigenvalue weighted by Gasteiger charge is 2.45. The number of hydrogen-bond donors (Lipinski definition) is 2. The summed E-state index contributed by atoms with van der Waals surface area (Å²) >= 11 is 12.5. The number of nitrogens with one attached hydrogen (secondary N) is 1. The highest BCUT2D eigenvalue weighted by molar-refractivity contribution is 6.42. The molecule has 0 aliphatic carbocycles. The van der Waals surface area contributed by atoms with Crippen molar-refractivity contribution in [2.24, 2.45) is 7.05 Å². The summed E-state index contributed by atoms with van der Waals surface area (Å²) in [7, 11) is 1.68. The average molecular weight is 637 g/mol. The van der Waals surface area contributed by atoms with Crippen LogP contribution in [0.3, 0.4) is 0 Å². The summed E-state index contributed by atoms with van der Waals surface area (Å²) < 4.78 is 3.09. The van der Waals surface area contributed by atoms with Gasteiger partial charge in [-0.25, -0.2) is 4.79 Å². The first-order valence-corrected chi connectivity index (χ1v) is 15.2. The Morgan fingerprint density at radius 3 is 1.62 bits per heavy atom. The Labute approximate surface area is 271 Å². The molecule has 226 valence electrons. The van der Waals surface area contributed by atoms with Crippen LogP contribution in [0.2, 0.25) is 10.0 Å². The van der Waals surface area contributed by atoms with Crippen LogP contribution in [0.1, 0.15) is 29.2 Å². The summed E-state index contributed by atoms with van der Waals surface area (Å²) in [6, 6.07) is 40.5. The van der Waals surface area contributed by atoms with Gasteiger partial charge in [0.2, 0.25) is 0 Å². The molecule has 2 N–H and O–H groups in total. The summed E-state index contributed by atoms with van der Waals surface area (Å²) in [6.07, 6.45) is 0.169. The lowest BCUT2D eigenvalue weighted by Gasteiger charge is -2.43. The molecule has 1 heterocycles. The van der Waals surface area contributed by atoms with Crippen LogP contribution in [0.4, 0.5) is 0 Å². The summed E-state index contributed by atoms with van der Waals surface area (Å²) in [5, 5.41) is 15.2. The number of imidazole rings is 1. The van der Waals surface area contributed by atoms with Crippen LogP contribution in [-0.2, 0) is 23.8 Å². The number of fused-ring (bicyclic) bond motifs is 1. The maximum atomic E-state index is 13.2. The number of aliphatic carboxylic acids is 1. The molecule has 0 aliphatic rings. The van der Waals surface area contributed by atoms with E-state index in [2.05, 4.69) is 5.32 Å². The van der Waals surface area contributed by atoms with E-state index in [9.17, 15) is 14.7 Å². The van der Waals surface area contributed by atoms with Crippen LogP contribution in [0.25, 0.3) is 16.7 Å². The first-order valence-electron chi connectivity index (χ1n) is 14.5. The number of carbonyl (C=O) groups is 1. The number of benzene rings is 5. The summed E-state index contributed by atoms with van der Waals surface area (Å²) in [4.78, 5) is 26.4. The Kier molecular flexibility index (Phi) is 8.14. The Balaban J connectivity index is 1.43. The van der Waals surface area contributed by atoms with E-state index in [1.165, 1.54) is 4.57 Å². The molecule has 45 heavy (non-hydrogen) atoms. The largest absolute Gasteiger partial charge is 0.480 e. The van der Waals surface area contributed by atoms with Gasteiger partial charge in [-0.2, -0.15) is 0 Å². The molecule has 0 bridgehead atoms. The molecule has 0 aliphatic heterocycles. The predicted molar refractivity (Wildman–Crippen MR) is 181 cm³/mol. The van der Waals surface area contributed by atoms with Gasteiger partial charge in [0.1, 0.15) is 5.54 Å². The Morgan fingerprint density at radius 1 is 0.733 bits per heavy atom. The molecule has 0 amide bonds. The van der Waals surface area contributed by atoms with Crippen molar-refractivity contribution >= 4 is 40.2 Å². The fraction of sp³-hybridized carbons (Fsp3) is 0.135. The van der Waals surface area contributed by atoms with Gasteiger partial charge in [-0.15, -0.1) is 0 Å². The van der Waals surface area contributed by atoms with E-state index in [1.54, 1.807) is 30.7 Å². The van der Waals surface area contributed by atoms with Gasteiger partial charge in [-0.3, -0.25) is 19.2 Å². The molecule has 1 aromatic heterocycles. The minimum Gasteiger partial charge on any atom is -0.480 e. The second kappa shape index (κ2) is 12.1. The van der Waals surface area contributed by atoms with Crippen LogP contribution in [0.15, 0.2) is 132 Å². The number of rotatable bonds is 9. The van der Waals surface area contributed by atoms with Gasteiger partial charge in [0.05, 0.1) is 32.3 Å². The Morgan fingerprint density at radius 2 is 1.18 bits per heavy atom. The predicted octanol–water partition coefficient (Wildman–Crippen LogP) is 7.60. The second-order valence-electron chi connectivity index (χ2n) is 11.4. The fourth-order valence-electron chi connectivity index (χ4n) is 6.12. The van der Waals surface area contributed by atoms with E-state index < -0.39 is 17.0 Å². The van der Waals surface area contributed by atoms with Crippen LogP contribution in [0, 0.1) is 0 Å². The van der Waals surface area contributed by atoms with Crippen LogP contribution >= 0.6 is 23.2 Å². The lowest BCUT2D eigenvalue weighted by Crippen LogP contribution is -2.61. The molecule has 1 unspecified atom stereocenters. The lowest BCUT2D eigenvalue weighted by molar-refractivity contribution is -0.144. The van der Waals surface area contributed by atoms with Gasteiger partial charge in [-0.1, -0.05) is 126 Å². The summed E-state index contributed by atoms with van der Waals surface area (Å²) in [5.74, 6) is -0.990. The quantitative estimate of drug-likeness (QED) is 0.160. The van der Waals surface area contributed by atoms with Crippen molar-refractivity contribution < 1.29 is 9.90 Å². The maximum absolute atomic E-state index is 13.2. The molecule has 1 atom stereocenters. The first-order chi connectivity index (χ1) is 21.6. The van der Waals surface area contributed by atoms with Gasteiger partial charge in [-0.05, 0) is 53.4 Å². The van der Waals surface area contributed by atoms with E-state index >= 15 is 0 Å². The van der Waals surface area contributed by atoms with Gasteiger partial charge in [0.15, 0.2) is 0 Å². The normalized spacial score (nSPS) is 13.1. The molecular formula is C37H31Cl2N3O3. The van der Waals surface area contributed by atoms with E-state index in [0.29, 0.717) is 26.8 Å². The Hall–Kier alpha value is -4.62. The third kappa shape index (κ3) is 5.46. The van der Waals surface area contributed by atoms with Crippen molar-refractivity contribution in [2.75, 3.05) is 0 Å². The van der Waals surface area contributed by atoms with Gasteiger partial charge in [0, 0.05) is 13.5 Å². The van der Waals surface area contributed by atoms with Gasteiger partial charge >= 0.3 is 11.7 Å². The van der Waals surface area contributed by atoms with Crippen LogP contribution in [0.5, 0.6) is 0 Å². The molecule has 0 saturated heterocycles. The van der Waals surface area contributed by atoms with Crippen molar-refractivity contribution in [1.29, 1.82) is 0 Å². The smallest absolute Gasteiger partial charge is 0.333 e. The molecule has 6 aromatic rings. The summed E-state index contributed by atoms with van der Waals surface area (Å²) in [6.45, 7) is 1.72. The zero-order chi connectivity index (χ0) is 31.8. The van der Waals surface area contributed by atoms with E-state index in [1.807, 2.05) is 115 Å². The molecule has 0 saturated carbocycles. The number of nitrogens with zero attached hydrogens (tertiary/aromatic N) is 2. The van der Waals surface area contributed by atoms with Gasteiger partial charge in [0.25, 0.3) is 0 Å². The topological polar surface area (TPSA) is 76.3 Å². The number of carboxylic acid groups (broad SMARTS) is 1. The standard InChI is InChI=1S/C37H31Cl2N3O3/c1-36(34(43)44,24-25-18-20-29(21-19-25)42-33-23-31(39)30(38)22-32(33)41(2)35(42)45)40-37(26-12-6-3-7-13-26,27-14-8-4-9-15-27)28-16-10-5-11-17-28/h3-23,40H,24H2,1-2H3,(H,43,44). The number of carboxylic acids is 1. The maximum Gasteiger partial charge on any atom is 0.333 e. The zero-order valence-corrected chi connectivity index (χ0v) is 26.3. The molecular weight excluding hydrogens is 605 g/mol. The summed E-state index contributed by atoms with van der Waals surface area (Å²) in [5.41, 5.74) is 2.81. The van der Waals surface area contributed by atoms with Crippen LogP contribution < -0.4 is 11.0 Å². The van der Waals surface area contributed by atoms with E-state index in [4.69, 9.17) is 23.2 Å². The number of halogens is 2. The second-order valence-corrected chi connectivity index (χ2v) is 12.2. The van der Waals surface area contributed by atoms with Crippen molar-refractivity contribution in [2.45, 2.75) is 24.4 Å². The highest BCUT2D eigenvalue weighted by Crippen LogP contribution is 2.39. The number of aromatic nitrogens is 2. The average Bonchev–Trinajstić information content (AvgIpc) is 3.29. The van der Waals surface area contributed by atoms with Gasteiger partial charge < -0.3 is 5.11 Å². The van der Waals surface area contributed by atoms with E-state index in [0.717, 1.165) is 22.3 Å². The molecule has 6 nitrogen and oxygen atoms in total. The molecule has 5 aromatic carbocycles. The third-order valence-electron chi connectivity index (χ3n) is 8.41. The molecule has 8 heteroatoms. The van der Waals surface area contributed by atoms with Crippen LogP contribution in [-0.4, -0.2) is 25.7 Å². The molecule has 0 spiro atoms. The zero-order valence-electron chi connectivity index (χ0n) is 24.7. The molecule has 0 fully saturated rings. The molecule has 6 rings (SSSR count). The van der Waals surface area contributed by atoms with Crippen molar-refractivity contribution in [1.82, 2.24) is 14.5 Å². The van der Waals surface area contributed by atoms with Crippen molar-refractivity contribution in [3.8, 4) is 5.69 Å². The monoisotopic (exact) mass is 635 g/mol. The number of aryl methyl sites for hydroxylation is 1. The lowest BCUT2D eigenvalue weighted by atomic mass is 9.74. The van der Waals surface area contributed by atoms with E-state index in [-0.39, 0.29) is 12.1 Å². The molecule has 0 radical (unpaired) electrons. The third-order valence-corrected chi connectivity index (χ3v) is 9.13. The minimum absolute atomic E-state index is 0.169. The highest BCUT2D eigenvalue weighted by atomic mass is 35.5. The SMILES string of the molecule is Cn1c(=O)n(-c2ccc(CC(C)(NC(c3ccccc3)(c3ccccc3)c3ccccc3)C(=O)O)cc2)c2cc(Cl)c(Cl)cc21.